The lowest BCUT2D eigenvalue weighted by atomic mass is 10.1. The second kappa shape index (κ2) is 8.09. The highest BCUT2D eigenvalue weighted by Gasteiger charge is 2.19. The van der Waals surface area contributed by atoms with Gasteiger partial charge in [-0.05, 0) is 19.1 Å². The molecular formula is C16H19N3O5. The van der Waals surface area contributed by atoms with Crippen LogP contribution in [0.2, 0.25) is 0 Å². The van der Waals surface area contributed by atoms with Gasteiger partial charge in [0.1, 0.15) is 5.75 Å². The molecule has 2 aromatic rings. The maximum Gasteiger partial charge on any atom is 0.305 e. The number of ether oxygens (including phenoxy) is 1. The standard InChI is InChI=1S/C16H19N3O5/c1-3-19(9-8-15(20)21)16(22)12-6-4-5-7-13(12)23-10-14-17-11(2)24-18-14/h4-7H,3,8-10H2,1-2H3,(H,20,21). The van der Waals surface area contributed by atoms with Gasteiger partial charge in [-0.1, -0.05) is 17.3 Å². The Morgan fingerprint density at radius 2 is 2.08 bits per heavy atom. The molecule has 1 heterocycles. The van der Waals surface area contributed by atoms with Gasteiger partial charge < -0.3 is 19.3 Å². The number of carboxylic acid groups (broad SMARTS) is 1. The van der Waals surface area contributed by atoms with Gasteiger partial charge in [0.05, 0.1) is 12.0 Å². The van der Waals surface area contributed by atoms with E-state index in [1.807, 2.05) is 0 Å². The molecular weight excluding hydrogens is 314 g/mol. The van der Waals surface area contributed by atoms with Gasteiger partial charge in [0.2, 0.25) is 11.7 Å². The molecule has 0 aliphatic rings. The second-order valence-electron chi connectivity index (χ2n) is 5.04. The minimum Gasteiger partial charge on any atom is -0.485 e. The van der Waals surface area contributed by atoms with Crippen LogP contribution in [0.1, 0.15) is 35.4 Å². The summed E-state index contributed by atoms with van der Waals surface area (Å²) in [6, 6.07) is 6.79. The molecule has 1 aromatic carbocycles. The maximum absolute atomic E-state index is 12.6. The van der Waals surface area contributed by atoms with Crippen molar-refractivity contribution in [3.05, 3.63) is 41.5 Å². The summed E-state index contributed by atoms with van der Waals surface area (Å²) in [5, 5.41) is 12.5. The summed E-state index contributed by atoms with van der Waals surface area (Å²) in [7, 11) is 0. The van der Waals surface area contributed by atoms with Crippen LogP contribution in [-0.4, -0.2) is 45.1 Å². The van der Waals surface area contributed by atoms with E-state index >= 15 is 0 Å². The SMILES string of the molecule is CCN(CCC(=O)O)C(=O)c1ccccc1OCc1noc(C)n1. The average molecular weight is 333 g/mol. The van der Waals surface area contributed by atoms with Gasteiger partial charge in [-0.15, -0.1) is 0 Å². The van der Waals surface area contributed by atoms with Crippen molar-refractivity contribution in [1.82, 2.24) is 15.0 Å². The van der Waals surface area contributed by atoms with Gasteiger partial charge in [-0.2, -0.15) is 4.98 Å². The number of aryl methyl sites for hydroxylation is 1. The maximum atomic E-state index is 12.6. The first-order valence-electron chi connectivity index (χ1n) is 7.53. The lowest BCUT2D eigenvalue weighted by Gasteiger charge is -2.21. The van der Waals surface area contributed by atoms with Crippen LogP contribution in [0.15, 0.2) is 28.8 Å². The fourth-order valence-electron chi connectivity index (χ4n) is 2.12. The summed E-state index contributed by atoms with van der Waals surface area (Å²) >= 11 is 0. The Balaban J connectivity index is 2.11. The molecule has 0 aliphatic heterocycles. The van der Waals surface area contributed by atoms with Crippen LogP contribution in [0.25, 0.3) is 0 Å². The first-order valence-corrected chi connectivity index (χ1v) is 7.53. The molecule has 0 atom stereocenters. The van der Waals surface area contributed by atoms with Crippen LogP contribution in [0.4, 0.5) is 0 Å². The number of aromatic nitrogens is 2. The number of carboxylic acids is 1. The molecule has 0 fully saturated rings. The Kier molecular flexibility index (Phi) is 5.89. The number of aliphatic carboxylic acids is 1. The van der Waals surface area contributed by atoms with Crippen LogP contribution < -0.4 is 4.74 Å². The first kappa shape index (κ1) is 17.5. The van der Waals surface area contributed by atoms with Gasteiger partial charge in [0, 0.05) is 20.0 Å². The molecule has 0 bridgehead atoms. The topological polar surface area (TPSA) is 106 Å². The molecule has 24 heavy (non-hydrogen) atoms. The predicted octanol–water partition coefficient (Wildman–Crippen LogP) is 1.89. The summed E-state index contributed by atoms with van der Waals surface area (Å²) in [6.07, 6.45) is -0.106. The lowest BCUT2D eigenvalue weighted by Crippen LogP contribution is -2.33. The van der Waals surface area contributed by atoms with Crippen molar-refractivity contribution in [2.24, 2.45) is 0 Å². The normalized spacial score (nSPS) is 10.4. The Hall–Kier alpha value is -2.90. The fourth-order valence-corrected chi connectivity index (χ4v) is 2.12. The summed E-state index contributed by atoms with van der Waals surface area (Å²) in [5.41, 5.74) is 0.366. The Labute approximate surface area is 139 Å². The highest BCUT2D eigenvalue weighted by molar-refractivity contribution is 5.97. The molecule has 0 unspecified atom stereocenters. The minimum atomic E-state index is -0.946. The van der Waals surface area contributed by atoms with Gasteiger partial charge in [0.25, 0.3) is 5.91 Å². The summed E-state index contributed by atoms with van der Waals surface area (Å²) in [5.74, 6) is -0.0209. The minimum absolute atomic E-state index is 0.0723. The van der Waals surface area contributed by atoms with Gasteiger partial charge >= 0.3 is 5.97 Å². The zero-order valence-electron chi connectivity index (χ0n) is 13.6. The van der Waals surface area contributed by atoms with E-state index in [0.29, 0.717) is 29.6 Å². The van der Waals surface area contributed by atoms with E-state index in [1.165, 1.54) is 4.90 Å². The largest absolute Gasteiger partial charge is 0.485 e. The summed E-state index contributed by atoms with van der Waals surface area (Å²) in [6.45, 7) is 4.09. The summed E-state index contributed by atoms with van der Waals surface area (Å²) < 4.78 is 10.5. The third kappa shape index (κ3) is 4.55. The molecule has 2 rings (SSSR count). The predicted molar refractivity (Wildman–Crippen MR) is 83.6 cm³/mol. The van der Waals surface area contributed by atoms with Crippen molar-refractivity contribution >= 4 is 11.9 Å². The fraction of sp³-hybridized carbons (Fsp3) is 0.375. The number of hydrogen-bond acceptors (Lipinski definition) is 6. The highest BCUT2D eigenvalue weighted by atomic mass is 16.5. The lowest BCUT2D eigenvalue weighted by molar-refractivity contribution is -0.137. The van der Waals surface area contributed by atoms with Gasteiger partial charge in [-0.25, -0.2) is 0 Å². The number of para-hydroxylation sites is 1. The molecule has 1 N–H and O–H groups in total. The molecule has 1 aromatic heterocycles. The van der Waals surface area contributed by atoms with E-state index in [1.54, 1.807) is 38.1 Å². The van der Waals surface area contributed by atoms with Gasteiger partial charge in [-0.3, -0.25) is 9.59 Å². The Morgan fingerprint density at radius 3 is 2.71 bits per heavy atom. The van der Waals surface area contributed by atoms with Crippen LogP contribution >= 0.6 is 0 Å². The third-order valence-electron chi connectivity index (χ3n) is 3.31. The number of carbonyl (C=O) groups is 2. The van der Waals surface area contributed by atoms with Crippen molar-refractivity contribution in [3.63, 3.8) is 0 Å². The molecule has 1 amide bonds. The zero-order chi connectivity index (χ0) is 17.5. The molecule has 0 aliphatic carbocycles. The zero-order valence-corrected chi connectivity index (χ0v) is 13.6. The van der Waals surface area contributed by atoms with Crippen molar-refractivity contribution in [3.8, 4) is 5.75 Å². The van der Waals surface area contributed by atoms with Crippen LogP contribution in [-0.2, 0) is 11.4 Å². The summed E-state index contributed by atoms with van der Waals surface area (Å²) in [4.78, 5) is 28.9. The Morgan fingerprint density at radius 1 is 1.33 bits per heavy atom. The van der Waals surface area contributed by atoms with Crippen LogP contribution in [0.5, 0.6) is 5.75 Å². The van der Waals surface area contributed by atoms with E-state index in [-0.39, 0.29) is 25.5 Å². The van der Waals surface area contributed by atoms with Crippen molar-refractivity contribution in [1.29, 1.82) is 0 Å². The van der Waals surface area contributed by atoms with Crippen molar-refractivity contribution in [2.75, 3.05) is 13.1 Å². The highest BCUT2D eigenvalue weighted by Crippen LogP contribution is 2.21. The first-order chi connectivity index (χ1) is 11.5. The number of benzene rings is 1. The molecule has 0 saturated heterocycles. The van der Waals surface area contributed by atoms with Crippen LogP contribution in [0, 0.1) is 6.92 Å². The smallest absolute Gasteiger partial charge is 0.305 e. The van der Waals surface area contributed by atoms with E-state index in [0.717, 1.165) is 0 Å². The molecule has 8 heteroatoms. The number of nitrogens with zero attached hydrogens (tertiary/aromatic N) is 3. The van der Waals surface area contributed by atoms with E-state index in [9.17, 15) is 9.59 Å². The molecule has 0 radical (unpaired) electrons. The van der Waals surface area contributed by atoms with Crippen LogP contribution in [0.3, 0.4) is 0 Å². The Bertz CT molecular complexity index is 713. The molecule has 0 spiro atoms. The third-order valence-corrected chi connectivity index (χ3v) is 3.31. The molecule has 0 saturated carbocycles. The van der Waals surface area contributed by atoms with Crippen molar-refractivity contribution in [2.45, 2.75) is 26.9 Å². The second-order valence-corrected chi connectivity index (χ2v) is 5.04. The molecule has 128 valence electrons. The number of hydrogen-bond donors (Lipinski definition) is 1. The average Bonchev–Trinajstić information content (AvgIpc) is 2.98. The quantitative estimate of drug-likeness (QED) is 0.786. The number of amides is 1. The number of carbonyl (C=O) groups excluding carboxylic acids is 1. The van der Waals surface area contributed by atoms with E-state index < -0.39 is 5.97 Å². The van der Waals surface area contributed by atoms with Crippen molar-refractivity contribution < 1.29 is 24.0 Å². The molecule has 8 nitrogen and oxygen atoms in total. The number of rotatable bonds is 8. The van der Waals surface area contributed by atoms with Gasteiger partial charge in [0.15, 0.2) is 6.61 Å². The monoisotopic (exact) mass is 333 g/mol. The van der Waals surface area contributed by atoms with E-state index in [4.69, 9.17) is 14.4 Å². The van der Waals surface area contributed by atoms with E-state index in [2.05, 4.69) is 10.1 Å².